The Hall–Kier alpha value is -3.39. The van der Waals surface area contributed by atoms with Crippen molar-refractivity contribution < 1.29 is 9.94 Å². The van der Waals surface area contributed by atoms with Crippen molar-refractivity contribution in [1.29, 1.82) is 0 Å². The number of imidazole rings is 1. The number of benzene rings is 2. The molecular weight excluding hydrogens is 434 g/mol. The second kappa shape index (κ2) is 7.92. The molecule has 0 aliphatic heterocycles. The van der Waals surface area contributed by atoms with Crippen molar-refractivity contribution in [1.82, 2.24) is 14.5 Å². The van der Waals surface area contributed by atoms with Gasteiger partial charge in [0, 0.05) is 35.5 Å². The summed E-state index contributed by atoms with van der Waals surface area (Å²) in [6, 6.07) is 15.2. The molecule has 8 heteroatoms. The lowest BCUT2D eigenvalue weighted by Gasteiger charge is -2.08. The van der Waals surface area contributed by atoms with Crippen molar-refractivity contribution >= 4 is 44.8 Å². The van der Waals surface area contributed by atoms with Gasteiger partial charge in [-0.2, -0.15) is 0 Å². The number of aryl methyl sites for hydroxylation is 2. The molecule has 2 heterocycles. The predicted molar refractivity (Wildman–Crippen MR) is 117 cm³/mol. The van der Waals surface area contributed by atoms with E-state index in [-0.39, 0.29) is 0 Å². The zero-order valence-corrected chi connectivity index (χ0v) is 17.4. The zero-order valence-electron chi connectivity index (χ0n) is 15.8. The lowest BCUT2D eigenvalue weighted by molar-refractivity contribution is 0.321. The van der Waals surface area contributed by atoms with Crippen LogP contribution in [0, 0.1) is 6.92 Å². The van der Waals surface area contributed by atoms with Gasteiger partial charge in [0.2, 0.25) is 5.95 Å². The summed E-state index contributed by atoms with van der Waals surface area (Å²) < 4.78 is 8.98. The fourth-order valence-corrected chi connectivity index (χ4v) is 3.21. The Balaban J connectivity index is 1.61. The topological polar surface area (TPSA) is 84.6 Å². The summed E-state index contributed by atoms with van der Waals surface area (Å²) in [6.45, 7) is 2.05. The maximum atomic E-state index is 8.65. The van der Waals surface area contributed by atoms with Crippen LogP contribution in [0.2, 0.25) is 0 Å². The Morgan fingerprint density at radius 3 is 2.76 bits per heavy atom. The number of fused-ring (bicyclic) bond motifs is 1. The van der Waals surface area contributed by atoms with Crippen LogP contribution in [0.25, 0.3) is 11.0 Å². The van der Waals surface area contributed by atoms with Gasteiger partial charge in [0.05, 0.1) is 22.9 Å². The molecule has 146 valence electrons. The third-order valence-electron chi connectivity index (χ3n) is 4.44. The minimum atomic E-state index is 0.500. The Morgan fingerprint density at radius 1 is 1.14 bits per heavy atom. The summed E-state index contributed by atoms with van der Waals surface area (Å²) in [4.78, 5) is 8.77. The normalized spacial score (nSPS) is 11.3. The van der Waals surface area contributed by atoms with Crippen molar-refractivity contribution in [2.24, 2.45) is 12.2 Å². The van der Waals surface area contributed by atoms with Gasteiger partial charge in [-0.1, -0.05) is 21.1 Å². The molecule has 0 saturated heterocycles. The van der Waals surface area contributed by atoms with E-state index in [2.05, 4.69) is 37.5 Å². The first-order valence-corrected chi connectivity index (χ1v) is 9.64. The molecule has 0 unspecified atom stereocenters. The van der Waals surface area contributed by atoms with Crippen molar-refractivity contribution in [2.45, 2.75) is 6.92 Å². The number of pyridine rings is 1. The molecule has 0 aliphatic carbocycles. The number of hydrogen-bond donors (Lipinski definition) is 2. The van der Waals surface area contributed by atoms with Crippen LogP contribution in [0.3, 0.4) is 0 Å². The van der Waals surface area contributed by atoms with Gasteiger partial charge in [0.25, 0.3) is 0 Å². The number of halogens is 1. The molecular formula is C21H18BrN5O2. The summed E-state index contributed by atoms with van der Waals surface area (Å²) in [7, 11) is 1.97. The van der Waals surface area contributed by atoms with E-state index in [4.69, 9.17) is 14.9 Å². The molecule has 2 aromatic carbocycles. The number of oxime groups is 1. The molecule has 0 fully saturated rings. The van der Waals surface area contributed by atoms with Crippen LogP contribution in [-0.2, 0) is 7.05 Å². The highest BCUT2D eigenvalue weighted by Crippen LogP contribution is 2.29. The SMILES string of the molecule is Cc1cc(Nc2nc3cc(Oc4ccnc(/C=N/O)c4)ccc3n2C)ccc1Br. The molecule has 29 heavy (non-hydrogen) atoms. The molecule has 7 nitrogen and oxygen atoms in total. The smallest absolute Gasteiger partial charge is 0.208 e. The monoisotopic (exact) mass is 451 g/mol. The molecule has 4 aromatic rings. The van der Waals surface area contributed by atoms with Gasteiger partial charge in [0.1, 0.15) is 11.5 Å². The predicted octanol–water partition coefficient (Wildman–Crippen LogP) is 5.38. The third-order valence-corrected chi connectivity index (χ3v) is 5.33. The number of anilines is 2. The minimum absolute atomic E-state index is 0.500. The third kappa shape index (κ3) is 4.07. The maximum Gasteiger partial charge on any atom is 0.208 e. The average Bonchev–Trinajstić information content (AvgIpc) is 3.00. The van der Waals surface area contributed by atoms with E-state index in [1.165, 1.54) is 6.21 Å². The number of nitrogens with one attached hydrogen (secondary N) is 1. The van der Waals surface area contributed by atoms with E-state index in [1.807, 2.05) is 48.9 Å². The molecule has 0 bridgehead atoms. The molecule has 2 N–H and O–H groups in total. The van der Waals surface area contributed by atoms with Crippen molar-refractivity contribution in [3.63, 3.8) is 0 Å². The van der Waals surface area contributed by atoms with E-state index >= 15 is 0 Å². The van der Waals surface area contributed by atoms with Gasteiger partial charge in [-0.25, -0.2) is 4.98 Å². The van der Waals surface area contributed by atoms with Crippen LogP contribution in [0.5, 0.6) is 11.5 Å². The van der Waals surface area contributed by atoms with Gasteiger partial charge in [-0.3, -0.25) is 4.98 Å². The fourth-order valence-electron chi connectivity index (χ4n) is 2.96. The highest BCUT2D eigenvalue weighted by molar-refractivity contribution is 9.10. The van der Waals surface area contributed by atoms with Crippen molar-refractivity contribution in [3.05, 3.63) is 70.5 Å². The lowest BCUT2D eigenvalue weighted by Crippen LogP contribution is -1.99. The van der Waals surface area contributed by atoms with Gasteiger partial charge >= 0.3 is 0 Å². The largest absolute Gasteiger partial charge is 0.457 e. The molecule has 0 atom stereocenters. The summed E-state index contributed by atoms with van der Waals surface area (Å²) >= 11 is 3.52. The summed E-state index contributed by atoms with van der Waals surface area (Å²) in [5.41, 5.74) is 4.41. The first-order valence-electron chi connectivity index (χ1n) is 8.84. The number of hydrogen-bond acceptors (Lipinski definition) is 6. The van der Waals surface area contributed by atoms with Gasteiger partial charge in [0.15, 0.2) is 0 Å². The number of nitrogens with zero attached hydrogens (tertiary/aromatic N) is 4. The van der Waals surface area contributed by atoms with E-state index in [9.17, 15) is 0 Å². The molecule has 4 rings (SSSR count). The second-order valence-corrected chi connectivity index (χ2v) is 7.35. The molecule has 0 amide bonds. The van der Waals surface area contributed by atoms with Gasteiger partial charge in [-0.05, 0) is 48.9 Å². The summed E-state index contributed by atoms with van der Waals surface area (Å²) in [5, 5.41) is 15.0. The van der Waals surface area contributed by atoms with Gasteiger partial charge in [-0.15, -0.1) is 0 Å². The maximum absolute atomic E-state index is 8.65. The Bertz CT molecular complexity index is 1220. The molecule has 2 aromatic heterocycles. The first-order chi connectivity index (χ1) is 14.0. The van der Waals surface area contributed by atoms with Gasteiger partial charge < -0.3 is 19.8 Å². The standard InChI is InChI=1S/C21H18BrN5O2/c1-13-9-14(3-5-18(13)22)25-21-26-19-11-16(4-6-20(19)27(21)2)29-17-7-8-23-15(10-17)12-24-28/h3-12,28H,1-2H3,(H,25,26)/b24-12+. The Morgan fingerprint density at radius 2 is 1.97 bits per heavy atom. The van der Waals surface area contributed by atoms with E-state index in [0.29, 0.717) is 17.2 Å². The first kappa shape index (κ1) is 18.9. The van der Waals surface area contributed by atoms with E-state index in [1.54, 1.807) is 18.3 Å². The molecule has 0 aliphatic rings. The summed E-state index contributed by atoms with van der Waals surface area (Å²) in [6.07, 6.45) is 2.84. The zero-order chi connectivity index (χ0) is 20.4. The molecule has 0 saturated carbocycles. The fraction of sp³-hybridized carbons (Fsp3) is 0.0952. The molecule has 0 radical (unpaired) electrons. The minimum Gasteiger partial charge on any atom is -0.457 e. The second-order valence-electron chi connectivity index (χ2n) is 6.50. The Labute approximate surface area is 175 Å². The van der Waals surface area contributed by atoms with Crippen LogP contribution < -0.4 is 10.1 Å². The van der Waals surface area contributed by atoms with E-state index in [0.717, 1.165) is 32.7 Å². The van der Waals surface area contributed by atoms with Crippen LogP contribution in [0.15, 0.2) is 64.4 Å². The van der Waals surface area contributed by atoms with Crippen molar-refractivity contribution in [3.8, 4) is 11.5 Å². The van der Waals surface area contributed by atoms with Crippen LogP contribution >= 0.6 is 15.9 Å². The van der Waals surface area contributed by atoms with Crippen LogP contribution in [-0.4, -0.2) is 26.0 Å². The average molecular weight is 452 g/mol. The van der Waals surface area contributed by atoms with Crippen LogP contribution in [0.4, 0.5) is 11.6 Å². The number of rotatable bonds is 5. The molecule has 0 spiro atoms. The quantitative estimate of drug-likeness (QED) is 0.241. The van der Waals surface area contributed by atoms with Crippen molar-refractivity contribution in [2.75, 3.05) is 5.32 Å². The van der Waals surface area contributed by atoms with E-state index < -0.39 is 0 Å². The Kier molecular flexibility index (Phi) is 5.18. The van der Waals surface area contributed by atoms with Crippen LogP contribution in [0.1, 0.15) is 11.3 Å². The number of aromatic nitrogens is 3. The highest BCUT2D eigenvalue weighted by atomic mass is 79.9. The lowest BCUT2D eigenvalue weighted by atomic mass is 10.2. The summed E-state index contributed by atoms with van der Waals surface area (Å²) in [5.74, 6) is 1.98. The number of ether oxygens (including phenoxy) is 1. The highest BCUT2D eigenvalue weighted by Gasteiger charge is 2.10.